The second kappa shape index (κ2) is 14.3. The van der Waals surface area contributed by atoms with Gasteiger partial charge in [-0.1, -0.05) is 6.07 Å². The smallest absolute Gasteiger partial charge is 0.475 e. The number of likely N-dealkylation sites (tertiary alicyclic amines) is 2. The van der Waals surface area contributed by atoms with E-state index in [0.29, 0.717) is 11.5 Å². The average molecular weight is 572 g/mol. The number of piperidine rings is 2. The first-order valence-electron chi connectivity index (χ1n) is 12.7. The molecule has 0 bridgehead atoms. The highest BCUT2D eigenvalue weighted by Crippen LogP contribution is 2.40. The third-order valence-electron chi connectivity index (χ3n) is 6.96. The monoisotopic (exact) mass is 571 g/mol. The molecule has 0 amide bonds. The summed E-state index contributed by atoms with van der Waals surface area (Å²) in [7, 11) is 0. The summed E-state index contributed by atoms with van der Waals surface area (Å²) >= 11 is 0. The lowest BCUT2D eigenvalue weighted by Gasteiger charge is -2.48. The Morgan fingerprint density at radius 1 is 0.974 bits per heavy atom. The van der Waals surface area contributed by atoms with Gasteiger partial charge in [0, 0.05) is 31.9 Å². The van der Waals surface area contributed by atoms with Gasteiger partial charge in [0.1, 0.15) is 0 Å². The summed E-state index contributed by atoms with van der Waals surface area (Å²) in [4.78, 5) is 27.8. The van der Waals surface area contributed by atoms with Crippen molar-refractivity contribution < 1.29 is 50.9 Å². The Morgan fingerprint density at radius 2 is 1.56 bits per heavy atom. The van der Waals surface area contributed by atoms with E-state index in [1.165, 1.54) is 70.4 Å². The quantitative estimate of drug-likeness (QED) is 0.509. The van der Waals surface area contributed by atoms with Gasteiger partial charge in [0.15, 0.2) is 0 Å². The first-order chi connectivity index (χ1) is 18.1. The minimum Gasteiger partial charge on any atom is -0.475 e. The summed E-state index contributed by atoms with van der Waals surface area (Å²) in [6.45, 7) is 10.3. The van der Waals surface area contributed by atoms with Gasteiger partial charge in [-0.2, -0.15) is 26.3 Å². The fraction of sp³-hybridized carbons (Fsp3) is 0.720. The van der Waals surface area contributed by atoms with Crippen molar-refractivity contribution in [2.24, 2.45) is 5.41 Å². The first kappa shape index (κ1) is 32.8. The van der Waals surface area contributed by atoms with Crippen LogP contribution in [0.1, 0.15) is 49.9 Å². The van der Waals surface area contributed by atoms with Crippen LogP contribution in [-0.2, 0) is 20.9 Å². The highest BCUT2D eigenvalue weighted by molar-refractivity contribution is 5.73. The highest BCUT2D eigenvalue weighted by atomic mass is 19.4. The average Bonchev–Trinajstić information content (AvgIpc) is 3.34. The standard InChI is InChI=1S/C21H33N3O.2C2HF3O2/c1-18-5-2-6-19(22-18)15-24-11-4-8-21(17-24)9-12-23(13-10-21)16-20-7-3-14-25-20;2*3-2(4,5)1(6)7/h2,5-6,20H,3-4,7-17H2,1H3;2*(H,6,7). The molecule has 1 unspecified atom stereocenters. The fourth-order valence-corrected chi connectivity index (χ4v) is 5.06. The van der Waals surface area contributed by atoms with Crippen molar-refractivity contribution in [3.8, 4) is 0 Å². The number of hydrogen-bond donors (Lipinski definition) is 2. The largest absolute Gasteiger partial charge is 0.490 e. The molecule has 39 heavy (non-hydrogen) atoms. The second-order valence-electron chi connectivity index (χ2n) is 10.1. The number of aliphatic carboxylic acids is 2. The molecule has 0 saturated carbocycles. The highest BCUT2D eigenvalue weighted by Gasteiger charge is 2.40. The van der Waals surface area contributed by atoms with Crippen LogP contribution in [0, 0.1) is 12.3 Å². The molecule has 3 aliphatic heterocycles. The molecule has 3 saturated heterocycles. The van der Waals surface area contributed by atoms with E-state index in [4.69, 9.17) is 29.5 Å². The zero-order chi connectivity index (χ0) is 29.3. The molecular formula is C25H35F6N3O5. The first-order valence-corrected chi connectivity index (χ1v) is 12.7. The van der Waals surface area contributed by atoms with Crippen molar-refractivity contribution in [3.05, 3.63) is 29.6 Å². The van der Waals surface area contributed by atoms with Crippen LogP contribution < -0.4 is 0 Å². The number of carboxylic acid groups (broad SMARTS) is 2. The number of ether oxygens (including phenoxy) is 1. The Kier molecular flexibility index (Phi) is 12.0. The predicted molar refractivity (Wildman–Crippen MR) is 128 cm³/mol. The van der Waals surface area contributed by atoms with Gasteiger partial charge in [0.25, 0.3) is 0 Å². The maximum Gasteiger partial charge on any atom is 0.490 e. The predicted octanol–water partition coefficient (Wildman–Crippen LogP) is 4.51. The number of carbonyl (C=O) groups is 2. The van der Waals surface area contributed by atoms with Crippen molar-refractivity contribution in [1.29, 1.82) is 0 Å². The molecule has 1 atom stereocenters. The number of hydrogen-bond acceptors (Lipinski definition) is 6. The molecular weight excluding hydrogens is 536 g/mol. The molecule has 14 heteroatoms. The lowest BCUT2D eigenvalue weighted by atomic mass is 9.72. The number of carboxylic acids is 2. The summed E-state index contributed by atoms with van der Waals surface area (Å²) in [5, 5.41) is 14.2. The van der Waals surface area contributed by atoms with E-state index >= 15 is 0 Å². The van der Waals surface area contributed by atoms with E-state index in [2.05, 4.69) is 34.9 Å². The van der Waals surface area contributed by atoms with Crippen molar-refractivity contribution in [2.45, 2.75) is 70.4 Å². The van der Waals surface area contributed by atoms with Crippen molar-refractivity contribution in [2.75, 3.05) is 39.3 Å². The maximum atomic E-state index is 10.6. The van der Waals surface area contributed by atoms with Gasteiger partial charge in [-0.15, -0.1) is 0 Å². The van der Waals surface area contributed by atoms with Gasteiger partial charge < -0.3 is 19.8 Å². The maximum absolute atomic E-state index is 10.6. The van der Waals surface area contributed by atoms with E-state index in [-0.39, 0.29) is 0 Å². The van der Waals surface area contributed by atoms with Crippen LogP contribution in [0.5, 0.6) is 0 Å². The number of aryl methyl sites for hydroxylation is 1. The molecule has 3 fully saturated rings. The Morgan fingerprint density at radius 3 is 2.05 bits per heavy atom. The van der Waals surface area contributed by atoms with Gasteiger partial charge in [0.05, 0.1) is 11.8 Å². The molecule has 0 aliphatic carbocycles. The molecule has 8 nitrogen and oxygen atoms in total. The Hall–Kier alpha value is -2.45. The van der Waals surface area contributed by atoms with Crippen LogP contribution in [0.25, 0.3) is 0 Å². The van der Waals surface area contributed by atoms with E-state index < -0.39 is 24.3 Å². The molecule has 1 aromatic heterocycles. The van der Waals surface area contributed by atoms with Crippen LogP contribution in [0.3, 0.4) is 0 Å². The zero-order valence-electron chi connectivity index (χ0n) is 21.7. The SMILES string of the molecule is Cc1cccc(CN2CCCC3(CCN(CC4CCCO4)CC3)C2)n1.O=C(O)C(F)(F)F.O=C(O)C(F)(F)F. The minimum atomic E-state index is -5.08. The Labute approximate surface area is 222 Å². The topological polar surface area (TPSA) is 103 Å². The summed E-state index contributed by atoms with van der Waals surface area (Å²) in [5.41, 5.74) is 2.91. The molecule has 222 valence electrons. The Bertz CT molecular complexity index is 906. The van der Waals surface area contributed by atoms with Crippen LogP contribution in [0.2, 0.25) is 0 Å². The number of pyridine rings is 1. The molecule has 1 spiro atoms. The van der Waals surface area contributed by atoms with Crippen LogP contribution in [0.4, 0.5) is 26.3 Å². The van der Waals surface area contributed by atoms with Crippen molar-refractivity contribution in [1.82, 2.24) is 14.8 Å². The fourth-order valence-electron chi connectivity index (χ4n) is 5.06. The number of aromatic nitrogens is 1. The van der Waals surface area contributed by atoms with Crippen molar-refractivity contribution >= 4 is 11.9 Å². The van der Waals surface area contributed by atoms with Gasteiger partial charge in [-0.25, -0.2) is 9.59 Å². The summed E-state index contributed by atoms with van der Waals surface area (Å²) in [5.74, 6) is -5.51. The van der Waals surface area contributed by atoms with Crippen LogP contribution >= 0.6 is 0 Å². The van der Waals surface area contributed by atoms with E-state index in [0.717, 1.165) is 25.4 Å². The van der Waals surface area contributed by atoms with Gasteiger partial charge in [0.2, 0.25) is 0 Å². The van der Waals surface area contributed by atoms with Gasteiger partial charge in [-0.05, 0) is 82.6 Å². The third-order valence-corrected chi connectivity index (χ3v) is 6.96. The van der Waals surface area contributed by atoms with Crippen LogP contribution in [0.15, 0.2) is 18.2 Å². The number of rotatable bonds is 4. The summed E-state index contributed by atoms with van der Waals surface area (Å²) in [6.07, 6.45) is -1.67. The van der Waals surface area contributed by atoms with E-state index in [1.807, 2.05) is 0 Å². The molecule has 4 heterocycles. The van der Waals surface area contributed by atoms with E-state index in [1.54, 1.807) is 0 Å². The van der Waals surface area contributed by atoms with Gasteiger partial charge >= 0.3 is 24.3 Å². The second-order valence-corrected chi connectivity index (χ2v) is 10.1. The molecule has 1 aromatic rings. The number of alkyl halides is 6. The molecule has 0 radical (unpaired) electrons. The Balaban J connectivity index is 0.000000317. The third kappa shape index (κ3) is 11.7. The normalized spacial score (nSPS) is 21.9. The molecule has 2 N–H and O–H groups in total. The lowest BCUT2D eigenvalue weighted by Crippen LogP contribution is -2.50. The molecule has 4 rings (SSSR count). The zero-order valence-corrected chi connectivity index (χ0v) is 21.7. The summed E-state index contributed by atoms with van der Waals surface area (Å²) < 4.78 is 69.3. The molecule has 3 aliphatic rings. The van der Waals surface area contributed by atoms with Crippen molar-refractivity contribution in [3.63, 3.8) is 0 Å². The molecule has 0 aromatic carbocycles. The minimum absolute atomic E-state index is 0.504. The summed E-state index contributed by atoms with van der Waals surface area (Å²) in [6, 6.07) is 6.41. The van der Waals surface area contributed by atoms with E-state index in [9.17, 15) is 26.3 Å². The van der Waals surface area contributed by atoms with Crippen LogP contribution in [-0.4, -0.2) is 94.7 Å². The van der Waals surface area contributed by atoms with Gasteiger partial charge in [-0.3, -0.25) is 9.88 Å². The lowest BCUT2D eigenvalue weighted by molar-refractivity contribution is -0.193. The number of halogens is 6. The number of nitrogens with zero attached hydrogens (tertiary/aromatic N) is 3.